The zero-order chi connectivity index (χ0) is 14.0. The Balaban J connectivity index is 2.36. The zero-order valence-corrected chi connectivity index (χ0v) is 11.5. The van der Waals surface area contributed by atoms with E-state index in [1.165, 1.54) is 24.3 Å². The maximum absolute atomic E-state index is 13.5. The first kappa shape index (κ1) is 13.8. The van der Waals surface area contributed by atoms with Gasteiger partial charge in [0.25, 0.3) is 10.0 Å². The summed E-state index contributed by atoms with van der Waals surface area (Å²) in [6.07, 6.45) is 1.11. The summed E-state index contributed by atoms with van der Waals surface area (Å²) < 4.78 is 39.7. The summed E-state index contributed by atoms with van der Waals surface area (Å²) in [5, 5.41) is 0.181. The second-order valence-electron chi connectivity index (χ2n) is 3.91. The molecule has 1 heterocycles. The van der Waals surface area contributed by atoms with E-state index in [1.807, 2.05) is 0 Å². The van der Waals surface area contributed by atoms with Crippen LogP contribution in [0.25, 0.3) is 0 Å². The highest BCUT2D eigenvalue weighted by Gasteiger charge is 2.16. The maximum atomic E-state index is 13.5. The lowest BCUT2D eigenvalue weighted by atomic mass is 10.2. The molecule has 0 atom stereocenters. The number of pyridine rings is 1. The van der Waals surface area contributed by atoms with Crippen LogP contribution in [0.1, 0.15) is 5.56 Å². The Bertz CT molecular complexity index is 702. The summed E-state index contributed by atoms with van der Waals surface area (Å²) in [7, 11) is -3.88. The molecular formula is C12H10ClFN2O2S. The molecule has 0 spiro atoms. The molecular weight excluding hydrogens is 291 g/mol. The summed E-state index contributed by atoms with van der Waals surface area (Å²) in [6, 6.07) is 6.81. The van der Waals surface area contributed by atoms with Crippen molar-refractivity contribution in [2.45, 2.75) is 11.8 Å². The normalized spacial score (nSPS) is 11.3. The number of rotatable bonds is 3. The molecule has 0 fully saturated rings. The van der Waals surface area contributed by atoms with Crippen molar-refractivity contribution >= 4 is 27.3 Å². The molecule has 1 N–H and O–H groups in total. The van der Waals surface area contributed by atoms with Gasteiger partial charge in [0.2, 0.25) is 0 Å². The van der Waals surface area contributed by atoms with Crippen LogP contribution >= 0.6 is 11.6 Å². The number of nitrogens with one attached hydrogen (secondary N) is 1. The first-order valence-electron chi connectivity index (χ1n) is 5.29. The molecule has 2 rings (SSSR count). The maximum Gasteiger partial charge on any atom is 0.263 e. The Hall–Kier alpha value is -1.66. The smallest absolute Gasteiger partial charge is 0.263 e. The molecule has 0 aliphatic carbocycles. The number of anilines is 1. The SMILES string of the molecule is Cc1ccc(F)c(NS(=O)(=O)c2ccc(Cl)nc2)c1. The van der Waals surface area contributed by atoms with Gasteiger partial charge in [0.1, 0.15) is 15.9 Å². The van der Waals surface area contributed by atoms with Gasteiger partial charge < -0.3 is 0 Å². The van der Waals surface area contributed by atoms with E-state index < -0.39 is 15.8 Å². The van der Waals surface area contributed by atoms with Crippen LogP contribution in [0, 0.1) is 12.7 Å². The van der Waals surface area contributed by atoms with E-state index in [1.54, 1.807) is 13.0 Å². The van der Waals surface area contributed by atoms with Gasteiger partial charge >= 0.3 is 0 Å². The van der Waals surface area contributed by atoms with E-state index in [0.29, 0.717) is 0 Å². The van der Waals surface area contributed by atoms with Gasteiger partial charge in [-0.2, -0.15) is 0 Å². The molecule has 0 bridgehead atoms. The molecule has 0 amide bonds. The third-order valence-corrected chi connectivity index (χ3v) is 3.95. The summed E-state index contributed by atoms with van der Waals surface area (Å²) in [5.74, 6) is -0.643. The molecule has 0 aliphatic heterocycles. The summed E-state index contributed by atoms with van der Waals surface area (Å²) in [6.45, 7) is 1.74. The van der Waals surface area contributed by atoms with Gasteiger partial charge in [-0.3, -0.25) is 4.72 Å². The number of sulfonamides is 1. The molecule has 0 unspecified atom stereocenters. The number of aryl methyl sites for hydroxylation is 1. The van der Waals surface area contributed by atoms with Crippen LogP contribution in [0.15, 0.2) is 41.4 Å². The zero-order valence-electron chi connectivity index (χ0n) is 9.89. The van der Waals surface area contributed by atoms with Crippen LogP contribution in [0.3, 0.4) is 0 Å². The second kappa shape index (κ2) is 5.14. The molecule has 0 aliphatic rings. The average Bonchev–Trinajstić information content (AvgIpc) is 2.34. The van der Waals surface area contributed by atoms with Crippen molar-refractivity contribution in [2.75, 3.05) is 4.72 Å². The third kappa shape index (κ3) is 3.21. The van der Waals surface area contributed by atoms with Crippen molar-refractivity contribution < 1.29 is 12.8 Å². The van der Waals surface area contributed by atoms with Crippen molar-refractivity contribution in [1.29, 1.82) is 0 Å². The van der Waals surface area contributed by atoms with E-state index in [2.05, 4.69) is 9.71 Å². The third-order valence-electron chi connectivity index (χ3n) is 2.38. The minimum Gasteiger partial charge on any atom is -0.277 e. The van der Waals surface area contributed by atoms with E-state index in [4.69, 9.17) is 11.6 Å². The summed E-state index contributed by atoms with van der Waals surface area (Å²) in [5.41, 5.74) is 0.642. The summed E-state index contributed by atoms with van der Waals surface area (Å²) >= 11 is 5.58. The van der Waals surface area contributed by atoms with Crippen molar-refractivity contribution in [2.24, 2.45) is 0 Å². The highest BCUT2D eigenvalue weighted by molar-refractivity contribution is 7.92. The molecule has 0 saturated heterocycles. The predicted molar refractivity (Wildman–Crippen MR) is 71.2 cm³/mol. The molecule has 7 heteroatoms. The molecule has 1 aromatic heterocycles. The van der Waals surface area contributed by atoms with Crippen LogP contribution in [0.2, 0.25) is 5.15 Å². The number of aromatic nitrogens is 1. The van der Waals surface area contributed by atoms with Gasteiger partial charge in [-0.05, 0) is 36.8 Å². The predicted octanol–water partition coefficient (Wildman–Crippen LogP) is 2.98. The minimum atomic E-state index is -3.88. The van der Waals surface area contributed by atoms with Crippen LogP contribution in [0.4, 0.5) is 10.1 Å². The van der Waals surface area contributed by atoms with E-state index >= 15 is 0 Å². The first-order chi connectivity index (χ1) is 8.88. The number of hydrogen-bond donors (Lipinski definition) is 1. The Morgan fingerprint density at radius 2 is 2.00 bits per heavy atom. The highest BCUT2D eigenvalue weighted by Crippen LogP contribution is 2.20. The van der Waals surface area contributed by atoms with Crippen LogP contribution in [0.5, 0.6) is 0 Å². The van der Waals surface area contributed by atoms with Crippen molar-refractivity contribution in [3.63, 3.8) is 0 Å². The Kier molecular flexibility index (Phi) is 3.73. The van der Waals surface area contributed by atoms with Crippen molar-refractivity contribution in [1.82, 2.24) is 4.98 Å². The largest absolute Gasteiger partial charge is 0.277 e. The number of nitrogens with zero attached hydrogens (tertiary/aromatic N) is 1. The highest BCUT2D eigenvalue weighted by atomic mass is 35.5. The van der Waals surface area contributed by atoms with Gasteiger partial charge in [0, 0.05) is 6.20 Å². The van der Waals surface area contributed by atoms with Gasteiger partial charge in [-0.15, -0.1) is 0 Å². The summed E-state index contributed by atoms with van der Waals surface area (Å²) in [4.78, 5) is 3.59. The fourth-order valence-electron chi connectivity index (χ4n) is 1.44. The number of halogens is 2. The number of hydrogen-bond acceptors (Lipinski definition) is 3. The lowest BCUT2D eigenvalue weighted by molar-refractivity contribution is 0.598. The molecule has 1 aromatic carbocycles. The van der Waals surface area contributed by atoms with E-state index in [9.17, 15) is 12.8 Å². The topological polar surface area (TPSA) is 59.1 Å². The molecule has 0 saturated carbocycles. The lowest BCUT2D eigenvalue weighted by Gasteiger charge is -2.09. The molecule has 0 radical (unpaired) electrons. The van der Waals surface area contributed by atoms with E-state index in [0.717, 1.165) is 11.8 Å². The molecule has 100 valence electrons. The molecule has 2 aromatic rings. The van der Waals surface area contributed by atoms with Gasteiger partial charge in [-0.1, -0.05) is 17.7 Å². The average molecular weight is 301 g/mol. The van der Waals surface area contributed by atoms with Gasteiger partial charge in [0.15, 0.2) is 0 Å². The van der Waals surface area contributed by atoms with Crippen molar-refractivity contribution in [3.8, 4) is 0 Å². The Morgan fingerprint density at radius 3 is 2.63 bits per heavy atom. The molecule has 4 nitrogen and oxygen atoms in total. The quantitative estimate of drug-likeness (QED) is 0.887. The molecule has 19 heavy (non-hydrogen) atoms. The standard InChI is InChI=1S/C12H10ClFN2O2S/c1-8-2-4-10(14)11(6-8)16-19(17,18)9-3-5-12(13)15-7-9/h2-7,16H,1H3. The Labute approximate surface area is 115 Å². The first-order valence-corrected chi connectivity index (χ1v) is 7.15. The fraction of sp³-hybridized carbons (Fsp3) is 0.0833. The van der Waals surface area contributed by atoms with Crippen LogP contribution < -0.4 is 4.72 Å². The van der Waals surface area contributed by atoms with Crippen LogP contribution in [-0.4, -0.2) is 13.4 Å². The second-order valence-corrected chi connectivity index (χ2v) is 5.98. The monoisotopic (exact) mass is 300 g/mol. The van der Waals surface area contributed by atoms with Gasteiger partial charge in [-0.25, -0.2) is 17.8 Å². The van der Waals surface area contributed by atoms with E-state index in [-0.39, 0.29) is 15.7 Å². The lowest BCUT2D eigenvalue weighted by Crippen LogP contribution is -2.14. The van der Waals surface area contributed by atoms with Gasteiger partial charge in [0.05, 0.1) is 5.69 Å². The minimum absolute atomic E-state index is 0.0854. The van der Waals surface area contributed by atoms with Crippen molar-refractivity contribution in [3.05, 3.63) is 53.1 Å². The number of benzene rings is 1. The Morgan fingerprint density at radius 1 is 1.26 bits per heavy atom. The fourth-order valence-corrected chi connectivity index (χ4v) is 2.56. The van der Waals surface area contributed by atoms with Crippen LogP contribution in [-0.2, 0) is 10.0 Å².